The van der Waals surface area contributed by atoms with Gasteiger partial charge in [-0.1, -0.05) is 40.7 Å². The average Bonchev–Trinajstić information content (AvgIpc) is 2.43. The summed E-state index contributed by atoms with van der Waals surface area (Å²) in [5, 5.41) is 9.14. The van der Waals surface area contributed by atoms with E-state index in [1.54, 1.807) is 6.08 Å². The van der Waals surface area contributed by atoms with Crippen molar-refractivity contribution in [1.82, 2.24) is 9.80 Å². The third-order valence-corrected chi connectivity index (χ3v) is 3.91. The zero-order valence-electron chi connectivity index (χ0n) is 14.9. The highest BCUT2D eigenvalue weighted by Crippen LogP contribution is 2.21. The van der Waals surface area contributed by atoms with Gasteiger partial charge >= 0.3 is 0 Å². The van der Waals surface area contributed by atoms with E-state index in [9.17, 15) is 4.79 Å². The maximum Gasteiger partial charge on any atom is 0.264 e. The molecule has 1 amide bonds. The van der Waals surface area contributed by atoms with Crippen molar-refractivity contribution in [1.29, 1.82) is 5.26 Å². The number of carbonyl (C=O) groups excluding carboxylic acids is 1. The summed E-state index contributed by atoms with van der Waals surface area (Å²) in [6.07, 6.45) is 4.19. The van der Waals surface area contributed by atoms with Crippen LogP contribution >= 0.6 is 0 Å². The van der Waals surface area contributed by atoms with Crippen LogP contribution in [0.3, 0.4) is 0 Å². The largest absolute Gasteiger partial charge is 0.335 e. The number of carbonyl (C=O) groups is 1. The lowest BCUT2D eigenvalue weighted by Gasteiger charge is -2.35. The van der Waals surface area contributed by atoms with Gasteiger partial charge in [0.15, 0.2) is 0 Å². The highest BCUT2D eigenvalue weighted by Gasteiger charge is 2.23. The number of piperazine rings is 1. The molecule has 0 radical (unpaired) electrons. The summed E-state index contributed by atoms with van der Waals surface area (Å²) in [7, 11) is 0. The molecule has 0 atom stereocenters. The number of hydrogen-bond acceptors (Lipinski definition) is 3. The number of amides is 1. The summed E-state index contributed by atoms with van der Waals surface area (Å²) in [5.41, 5.74) is 0.678. The molecule has 1 aliphatic heterocycles. The predicted octanol–water partition coefficient (Wildman–Crippen LogP) is 3.06. The van der Waals surface area contributed by atoms with Crippen LogP contribution in [-0.4, -0.2) is 48.4 Å². The van der Waals surface area contributed by atoms with Gasteiger partial charge in [0.05, 0.1) is 0 Å². The number of nitrogens with zero attached hydrogens (tertiary/aromatic N) is 3. The Kier molecular flexibility index (Phi) is 7.09. The van der Waals surface area contributed by atoms with E-state index in [0.717, 1.165) is 32.7 Å². The fourth-order valence-electron chi connectivity index (χ4n) is 2.67. The maximum atomic E-state index is 12.3. The minimum absolute atomic E-state index is 0.106. The molecular weight excluding hydrogens is 274 g/mol. The molecule has 0 aromatic carbocycles. The molecule has 0 aromatic rings. The lowest BCUT2D eigenvalue weighted by atomic mass is 9.90. The van der Waals surface area contributed by atoms with Crippen LogP contribution in [0.15, 0.2) is 11.6 Å². The summed E-state index contributed by atoms with van der Waals surface area (Å²) in [6, 6.07) is 2.05. The molecule has 4 nitrogen and oxygen atoms in total. The number of allylic oxidation sites excluding steroid dienone is 1. The first kappa shape index (κ1) is 18.7. The highest BCUT2D eigenvalue weighted by molar-refractivity contribution is 5.97. The average molecular weight is 305 g/mol. The first-order valence-electron chi connectivity index (χ1n) is 8.36. The second kappa shape index (κ2) is 8.33. The minimum Gasteiger partial charge on any atom is -0.335 e. The van der Waals surface area contributed by atoms with Gasteiger partial charge in [0.1, 0.15) is 11.6 Å². The first-order valence-corrected chi connectivity index (χ1v) is 8.36. The minimum atomic E-state index is -0.106. The Morgan fingerprint density at radius 1 is 1.23 bits per heavy atom. The third-order valence-electron chi connectivity index (χ3n) is 3.91. The smallest absolute Gasteiger partial charge is 0.264 e. The molecule has 1 rings (SSSR count). The second-order valence-corrected chi connectivity index (χ2v) is 7.73. The van der Waals surface area contributed by atoms with E-state index >= 15 is 0 Å². The summed E-state index contributed by atoms with van der Waals surface area (Å²) in [6.45, 7) is 15.2. The standard InChI is InChI=1S/C18H31N3O/c1-15(2)13-16(14-19)17(22)21-11-9-20(10-12-21)8-6-7-18(3,4)5/h13,15H,6-12H2,1-5H3/b16-13+. The molecule has 0 saturated carbocycles. The summed E-state index contributed by atoms with van der Waals surface area (Å²) in [5.74, 6) is 0.114. The Labute approximate surface area is 135 Å². The van der Waals surface area contributed by atoms with Gasteiger partial charge in [-0.15, -0.1) is 0 Å². The topological polar surface area (TPSA) is 47.3 Å². The normalized spacial score (nSPS) is 17.7. The van der Waals surface area contributed by atoms with E-state index in [4.69, 9.17) is 5.26 Å². The number of nitriles is 1. The van der Waals surface area contributed by atoms with E-state index in [0.29, 0.717) is 5.41 Å². The zero-order valence-corrected chi connectivity index (χ0v) is 14.9. The SMILES string of the molecule is CC(C)/C=C(\C#N)C(=O)N1CCN(CCCC(C)(C)C)CC1. The van der Waals surface area contributed by atoms with Gasteiger partial charge < -0.3 is 4.90 Å². The van der Waals surface area contributed by atoms with Crippen LogP contribution in [0.4, 0.5) is 0 Å². The summed E-state index contributed by atoms with van der Waals surface area (Å²) >= 11 is 0. The molecule has 1 saturated heterocycles. The first-order chi connectivity index (χ1) is 10.2. The van der Waals surface area contributed by atoms with Crippen LogP contribution in [0.1, 0.15) is 47.5 Å². The Bertz CT molecular complexity index is 432. The number of rotatable bonds is 5. The predicted molar refractivity (Wildman–Crippen MR) is 90.2 cm³/mol. The van der Waals surface area contributed by atoms with E-state index < -0.39 is 0 Å². The maximum absolute atomic E-state index is 12.3. The fourth-order valence-corrected chi connectivity index (χ4v) is 2.67. The van der Waals surface area contributed by atoms with Gasteiger partial charge in [0, 0.05) is 26.2 Å². The van der Waals surface area contributed by atoms with Crippen molar-refractivity contribution in [3.8, 4) is 6.07 Å². The summed E-state index contributed by atoms with van der Waals surface area (Å²) < 4.78 is 0. The van der Waals surface area contributed by atoms with E-state index in [2.05, 4.69) is 25.7 Å². The van der Waals surface area contributed by atoms with Crippen molar-refractivity contribution in [3.05, 3.63) is 11.6 Å². The van der Waals surface area contributed by atoms with Crippen molar-refractivity contribution in [2.24, 2.45) is 11.3 Å². The van der Waals surface area contributed by atoms with Gasteiger partial charge in [0.2, 0.25) is 0 Å². The van der Waals surface area contributed by atoms with Crippen molar-refractivity contribution >= 4 is 5.91 Å². The van der Waals surface area contributed by atoms with Crippen LogP contribution in [0.5, 0.6) is 0 Å². The molecule has 0 bridgehead atoms. The molecule has 0 aliphatic carbocycles. The van der Waals surface area contributed by atoms with Gasteiger partial charge in [-0.2, -0.15) is 5.26 Å². The van der Waals surface area contributed by atoms with Crippen molar-refractivity contribution in [2.45, 2.75) is 47.5 Å². The highest BCUT2D eigenvalue weighted by atomic mass is 16.2. The van der Waals surface area contributed by atoms with E-state index in [-0.39, 0.29) is 17.4 Å². The molecule has 0 N–H and O–H groups in total. The second-order valence-electron chi connectivity index (χ2n) is 7.73. The van der Waals surface area contributed by atoms with Crippen molar-refractivity contribution in [3.63, 3.8) is 0 Å². The van der Waals surface area contributed by atoms with Crippen LogP contribution < -0.4 is 0 Å². The zero-order chi connectivity index (χ0) is 16.8. The Balaban J connectivity index is 2.42. The van der Waals surface area contributed by atoms with Gasteiger partial charge in [-0.3, -0.25) is 9.69 Å². The fraction of sp³-hybridized carbons (Fsp3) is 0.778. The van der Waals surface area contributed by atoms with Crippen molar-refractivity contribution < 1.29 is 4.79 Å². The van der Waals surface area contributed by atoms with Gasteiger partial charge in [0.25, 0.3) is 5.91 Å². The Morgan fingerprint density at radius 2 is 1.82 bits per heavy atom. The van der Waals surface area contributed by atoms with E-state index in [1.165, 1.54) is 12.8 Å². The molecule has 0 aromatic heterocycles. The molecule has 1 aliphatic rings. The molecule has 0 unspecified atom stereocenters. The van der Waals surface area contributed by atoms with Gasteiger partial charge in [-0.05, 0) is 30.7 Å². The van der Waals surface area contributed by atoms with E-state index in [1.807, 2.05) is 24.8 Å². The Hall–Kier alpha value is -1.34. The van der Waals surface area contributed by atoms with Crippen molar-refractivity contribution in [2.75, 3.05) is 32.7 Å². The lowest BCUT2D eigenvalue weighted by Crippen LogP contribution is -2.49. The van der Waals surface area contributed by atoms with Crippen LogP contribution in [0.25, 0.3) is 0 Å². The molecule has 1 fully saturated rings. The Morgan fingerprint density at radius 3 is 2.27 bits per heavy atom. The molecule has 0 spiro atoms. The van der Waals surface area contributed by atoms with Crippen LogP contribution in [-0.2, 0) is 4.79 Å². The molecule has 22 heavy (non-hydrogen) atoms. The summed E-state index contributed by atoms with van der Waals surface area (Å²) in [4.78, 5) is 16.6. The van der Waals surface area contributed by atoms with Crippen LogP contribution in [0.2, 0.25) is 0 Å². The molecular formula is C18H31N3O. The monoisotopic (exact) mass is 305 g/mol. The molecule has 1 heterocycles. The van der Waals surface area contributed by atoms with Crippen LogP contribution in [0, 0.1) is 22.7 Å². The lowest BCUT2D eigenvalue weighted by molar-refractivity contribution is -0.128. The third kappa shape index (κ3) is 6.62. The molecule has 4 heteroatoms. The van der Waals surface area contributed by atoms with Gasteiger partial charge in [-0.25, -0.2) is 0 Å². The quantitative estimate of drug-likeness (QED) is 0.579. The molecule has 124 valence electrons. The number of hydrogen-bond donors (Lipinski definition) is 0.